The Morgan fingerprint density at radius 1 is 0.944 bits per heavy atom. The fraction of sp³-hybridized carbons (Fsp3) is 0.125. The van der Waals surface area contributed by atoms with Gasteiger partial charge in [0, 0.05) is 18.2 Å². The van der Waals surface area contributed by atoms with Crippen molar-refractivity contribution < 1.29 is 9.47 Å². The maximum absolute atomic E-state index is 6.05. The summed E-state index contributed by atoms with van der Waals surface area (Å²) in [7, 11) is 1.66. The number of methoxy groups -OCH3 is 1. The molecular formula is C16H14O2. The standard InChI is InChI=1S/C16H14O2/c1-17-16(14-8-3-2-4-9-14)12-11-13-7-5-6-10-15(13)18-16/h2-12H,1H3. The van der Waals surface area contributed by atoms with E-state index in [1.807, 2.05) is 66.7 Å². The summed E-state index contributed by atoms with van der Waals surface area (Å²) >= 11 is 0. The van der Waals surface area contributed by atoms with Crippen LogP contribution in [0.15, 0.2) is 60.7 Å². The highest BCUT2D eigenvalue weighted by Gasteiger charge is 2.34. The van der Waals surface area contributed by atoms with Gasteiger partial charge in [0.1, 0.15) is 5.75 Å². The first-order valence-electron chi connectivity index (χ1n) is 5.92. The van der Waals surface area contributed by atoms with Gasteiger partial charge in [0.05, 0.1) is 0 Å². The van der Waals surface area contributed by atoms with Crippen LogP contribution >= 0.6 is 0 Å². The molecule has 0 fully saturated rings. The van der Waals surface area contributed by atoms with Gasteiger partial charge in [0.15, 0.2) is 0 Å². The Morgan fingerprint density at radius 2 is 1.67 bits per heavy atom. The van der Waals surface area contributed by atoms with E-state index in [-0.39, 0.29) is 0 Å². The van der Waals surface area contributed by atoms with Crippen LogP contribution in [-0.2, 0) is 10.5 Å². The highest BCUT2D eigenvalue weighted by molar-refractivity contribution is 5.61. The Kier molecular flexibility index (Phi) is 2.65. The molecule has 1 atom stereocenters. The molecule has 0 amide bonds. The van der Waals surface area contributed by atoms with Gasteiger partial charge in [-0.15, -0.1) is 0 Å². The summed E-state index contributed by atoms with van der Waals surface area (Å²) in [5.41, 5.74) is 2.05. The van der Waals surface area contributed by atoms with E-state index in [9.17, 15) is 0 Å². The zero-order valence-electron chi connectivity index (χ0n) is 10.2. The van der Waals surface area contributed by atoms with Crippen LogP contribution in [0, 0.1) is 0 Å². The van der Waals surface area contributed by atoms with Crippen molar-refractivity contribution in [3.8, 4) is 5.75 Å². The molecule has 2 aromatic rings. The largest absolute Gasteiger partial charge is 0.454 e. The van der Waals surface area contributed by atoms with E-state index >= 15 is 0 Å². The number of para-hydroxylation sites is 1. The lowest BCUT2D eigenvalue weighted by molar-refractivity contribution is -0.133. The van der Waals surface area contributed by atoms with Crippen LogP contribution in [0.3, 0.4) is 0 Å². The van der Waals surface area contributed by atoms with Crippen molar-refractivity contribution in [1.29, 1.82) is 0 Å². The van der Waals surface area contributed by atoms with E-state index in [1.165, 1.54) is 0 Å². The van der Waals surface area contributed by atoms with Gasteiger partial charge in [-0.1, -0.05) is 48.5 Å². The second-order valence-corrected chi connectivity index (χ2v) is 4.21. The number of hydrogen-bond donors (Lipinski definition) is 0. The van der Waals surface area contributed by atoms with Gasteiger partial charge in [-0.25, -0.2) is 0 Å². The average Bonchev–Trinajstić information content (AvgIpc) is 2.47. The summed E-state index contributed by atoms with van der Waals surface area (Å²) in [6.45, 7) is 0. The molecule has 1 aliphatic heterocycles. The third-order valence-corrected chi connectivity index (χ3v) is 3.14. The van der Waals surface area contributed by atoms with Crippen molar-refractivity contribution in [2.75, 3.05) is 7.11 Å². The minimum atomic E-state index is -0.824. The van der Waals surface area contributed by atoms with E-state index in [0.717, 1.165) is 16.9 Å². The molecule has 0 bridgehead atoms. The van der Waals surface area contributed by atoms with Crippen molar-refractivity contribution in [3.05, 3.63) is 71.8 Å². The van der Waals surface area contributed by atoms with Crippen molar-refractivity contribution in [3.63, 3.8) is 0 Å². The second-order valence-electron chi connectivity index (χ2n) is 4.21. The molecule has 0 N–H and O–H groups in total. The minimum absolute atomic E-state index is 0.824. The molecule has 18 heavy (non-hydrogen) atoms. The Bertz CT molecular complexity index is 575. The maximum Gasteiger partial charge on any atom is 0.257 e. The summed E-state index contributed by atoms with van der Waals surface area (Å²) < 4.78 is 11.7. The Balaban J connectivity index is 2.07. The first kappa shape index (κ1) is 11.1. The van der Waals surface area contributed by atoms with Crippen molar-refractivity contribution >= 4 is 6.08 Å². The molecule has 0 saturated carbocycles. The van der Waals surface area contributed by atoms with Gasteiger partial charge >= 0.3 is 0 Å². The summed E-state index contributed by atoms with van der Waals surface area (Å²) in [5.74, 6) is 0.0148. The molecule has 1 heterocycles. The van der Waals surface area contributed by atoms with Gasteiger partial charge in [0.25, 0.3) is 5.79 Å². The smallest absolute Gasteiger partial charge is 0.257 e. The summed E-state index contributed by atoms with van der Waals surface area (Å²) in [6.07, 6.45) is 3.99. The summed E-state index contributed by atoms with van der Waals surface area (Å²) in [5, 5.41) is 0. The summed E-state index contributed by atoms with van der Waals surface area (Å²) in [4.78, 5) is 0. The monoisotopic (exact) mass is 238 g/mol. The molecule has 0 aliphatic carbocycles. The second kappa shape index (κ2) is 4.31. The van der Waals surface area contributed by atoms with Crippen LogP contribution in [0.4, 0.5) is 0 Å². The third-order valence-electron chi connectivity index (χ3n) is 3.14. The van der Waals surface area contributed by atoms with Gasteiger partial charge in [-0.05, 0) is 18.2 Å². The molecule has 0 radical (unpaired) electrons. The van der Waals surface area contributed by atoms with Crippen LogP contribution in [0.5, 0.6) is 5.75 Å². The zero-order chi connectivity index (χ0) is 12.4. The van der Waals surface area contributed by atoms with Crippen LogP contribution in [0.25, 0.3) is 6.08 Å². The van der Waals surface area contributed by atoms with Crippen LogP contribution < -0.4 is 4.74 Å². The van der Waals surface area contributed by atoms with Crippen molar-refractivity contribution in [2.45, 2.75) is 5.79 Å². The molecule has 90 valence electrons. The number of hydrogen-bond acceptors (Lipinski definition) is 2. The normalized spacial score (nSPS) is 21.2. The molecule has 2 aromatic carbocycles. The molecule has 1 aliphatic rings. The lowest BCUT2D eigenvalue weighted by Crippen LogP contribution is -2.34. The molecule has 2 nitrogen and oxygen atoms in total. The lowest BCUT2D eigenvalue weighted by atomic mass is 10.0. The number of ether oxygens (including phenoxy) is 2. The SMILES string of the molecule is COC1(c2ccccc2)C=Cc2ccccc2O1. The van der Waals surface area contributed by atoms with E-state index < -0.39 is 5.79 Å². The fourth-order valence-corrected chi connectivity index (χ4v) is 2.16. The van der Waals surface area contributed by atoms with Gasteiger partial charge in [-0.3, -0.25) is 0 Å². The minimum Gasteiger partial charge on any atom is -0.454 e. The quantitative estimate of drug-likeness (QED) is 0.796. The van der Waals surface area contributed by atoms with Gasteiger partial charge in [0.2, 0.25) is 0 Å². The van der Waals surface area contributed by atoms with Gasteiger partial charge in [-0.2, -0.15) is 0 Å². The Morgan fingerprint density at radius 3 is 2.44 bits per heavy atom. The fourth-order valence-electron chi connectivity index (χ4n) is 2.16. The van der Waals surface area contributed by atoms with Crippen molar-refractivity contribution in [2.24, 2.45) is 0 Å². The predicted molar refractivity (Wildman–Crippen MR) is 71.2 cm³/mol. The molecular weight excluding hydrogens is 224 g/mol. The van der Waals surface area contributed by atoms with Crippen LogP contribution in [0.1, 0.15) is 11.1 Å². The molecule has 3 rings (SSSR count). The maximum atomic E-state index is 6.05. The van der Waals surface area contributed by atoms with E-state index in [4.69, 9.17) is 9.47 Å². The highest BCUT2D eigenvalue weighted by atomic mass is 16.7. The molecule has 0 aromatic heterocycles. The van der Waals surface area contributed by atoms with E-state index in [0.29, 0.717) is 0 Å². The van der Waals surface area contributed by atoms with E-state index in [1.54, 1.807) is 7.11 Å². The van der Waals surface area contributed by atoms with Crippen molar-refractivity contribution in [1.82, 2.24) is 0 Å². The number of rotatable bonds is 2. The first-order valence-corrected chi connectivity index (χ1v) is 5.92. The summed E-state index contributed by atoms with van der Waals surface area (Å²) in [6, 6.07) is 17.9. The Labute approximate surface area is 106 Å². The predicted octanol–water partition coefficient (Wildman–Crippen LogP) is 3.59. The van der Waals surface area contributed by atoms with Crippen LogP contribution in [-0.4, -0.2) is 7.11 Å². The highest BCUT2D eigenvalue weighted by Crippen LogP contribution is 2.37. The average molecular weight is 238 g/mol. The van der Waals surface area contributed by atoms with Gasteiger partial charge < -0.3 is 9.47 Å². The zero-order valence-corrected chi connectivity index (χ0v) is 10.2. The lowest BCUT2D eigenvalue weighted by Gasteiger charge is -2.33. The van der Waals surface area contributed by atoms with E-state index in [2.05, 4.69) is 0 Å². The molecule has 0 spiro atoms. The first-order chi connectivity index (χ1) is 8.84. The molecule has 2 heteroatoms. The topological polar surface area (TPSA) is 18.5 Å². The Hall–Kier alpha value is -2.06. The molecule has 1 unspecified atom stereocenters. The third kappa shape index (κ3) is 1.71. The number of benzene rings is 2. The number of fused-ring (bicyclic) bond motifs is 1. The molecule has 0 saturated heterocycles. The van der Waals surface area contributed by atoms with Crippen LogP contribution in [0.2, 0.25) is 0 Å².